The second kappa shape index (κ2) is 5.13. The lowest BCUT2D eigenvalue weighted by atomic mass is 10.1. The van der Waals surface area contributed by atoms with Crippen LogP contribution in [0.1, 0.15) is 6.42 Å². The Bertz CT molecular complexity index is 1020. The summed E-state index contributed by atoms with van der Waals surface area (Å²) in [7, 11) is 0. The van der Waals surface area contributed by atoms with E-state index in [0.717, 1.165) is 45.6 Å². The Hall–Kier alpha value is -3.27. The third-order valence-electron chi connectivity index (χ3n) is 4.13. The maximum absolute atomic E-state index is 4.65. The standard InChI is InChI=1S/C20H14N4/c1-2-15-9-16-3-4-17(23-16)10-18-5-6-19(24-18)11-20-8-13(12-21-20)7-14(1)22-15/h1-7,9-12,23H,8H2. The summed E-state index contributed by atoms with van der Waals surface area (Å²) in [6.45, 7) is 0. The number of hydrogen-bond donors (Lipinski definition) is 1. The molecule has 8 bridgehead atoms. The van der Waals surface area contributed by atoms with Crippen LogP contribution < -0.4 is 10.7 Å². The molecule has 1 N–H and O–H groups in total. The number of aliphatic imine (C=N–C) groups is 3. The molecule has 4 nitrogen and oxygen atoms in total. The molecular formula is C20H14N4. The molecule has 0 radical (unpaired) electrons. The number of allylic oxidation sites excluding steroid dienone is 7. The quantitative estimate of drug-likeness (QED) is 0.763. The first kappa shape index (κ1) is 13.2. The minimum Gasteiger partial charge on any atom is -0.355 e. The SMILES string of the molecule is C1=CC2=NC1=CC1=CN=C(C=C3C=CC(=N3)C=c3ccc([nH]3)=C2)C1. The van der Waals surface area contributed by atoms with Gasteiger partial charge in [-0.3, -0.25) is 4.99 Å². The number of fused-ring (bicyclic) bond motifs is 6. The van der Waals surface area contributed by atoms with Crippen molar-refractivity contribution in [3.63, 3.8) is 0 Å². The van der Waals surface area contributed by atoms with E-state index in [1.807, 2.05) is 48.7 Å². The monoisotopic (exact) mass is 310 g/mol. The van der Waals surface area contributed by atoms with Crippen LogP contribution in [0.5, 0.6) is 0 Å². The zero-order chi connectivity index (χ0) is 15.9. The van der Waals surface area contributed by atoms with Gasteiger partial charge in [0.05, 0.1) is 22.8 Å². The normalized spacial score (nSPS) is 20.5. The number of nitrogens with one attached hydrogen (secondary N) is 1. The second-order valence-corrected chi connectivity index (χ2v) is 6.04. The molecule has 0 saturated heterocycles. The largest absolute Gasteiger partial charge is 0.355 e. The van der Waals surface area contributed by atoms with Gasteiger partial charge in [0.2, 0.25) is 0 Å². The maximum atomic E-state index is 4.65. The fourth-order valence-corrected chi connectivity index (χ4v) is 3.03. The fourth-order valence-electron chi connectivity index (χ4n) is 3.03. The van der Waals surface area contributed by atoms with Crippen molar-refractivity contribution in [2.24, 2.45) is 15.0 Å². The Balaban J connectivity index is 1.67. The van der Waals surface area contributed by atoms with Gasteiger partial charge in [-0.15, -0.1) is 0 Å². The minimum atomic E-state index is 0.815. The maximum Gasteiger partial charge on any atom is 0.0658 e. The van der Waals surface area contributed by atoms with Gasteiger partial charge in [-0.05, 0) is 66.3 Å². The fraction of sp³-hybridized carbons (Fsp3) is 0.0500. The molecule has 5 rings (SSSR count). The van der Waals surface area contributed by atoms with Gasteiger partial charge in [-0.2, -0.15) is 0 Å². The van der Waals surface area contributed by atoms with Gasteiger partial charge in [-0.25, -0.2) is 9.98 Å². The molecule has 24 heavy (non-hydrogen) atoms. The molecule has 0 aromatic carbocycles. The number of aromatic amines is 1. The van der Waals surface area contributed by atoms with Crippen molar-refractivity contribution >= 4 is 29.3 Å². The molecule has 0 spiro atoms. The van der Waals surface area contributed by atoms with Crippen LogP contribution in [0, 0.1) is 0 Å². The first-order valence-electron chi connectivity index (χ1n) is 7.91. The van der Waals surface area contributed by atoms with Gasteiger partial charge in [0, 0.05) is 29.0 Å². The lowest BCUT2D eigenvalue weighted by Crippen LogP contribution is -2.12. The molecule has 1 aromatic heterocycles. The molecule has 5 heterocycles. The molecule has 4 heteroatoms. The highest BCUT2D eigenvalue weighted by Crippen LogP contribution is 2.21. The highest BCUT2D eigenvalue weighted by atomic mass is 14.8. The molecule has 0 unspecified atom stereocenters. The molecule has 0 saturated carbocycles. The number of hydrogen-bond acceptors (Lipinski definition) is 3. The van der Waals surface area contributed by atoms with Crippen LogP contribution in [-0.2, 0) is 0 Å². The van der Waals surface area contributed by atoms with E-state index in [2.05, 4.69) is 38.2 Å². The third-order valence-corrected chi connectivity index (χ3v) is 4.13. The van der Waals surface area contributed by atoms with Crippen molar-refractivity contribution < 1.29 is 0 Å². The molecule has 4 aliphatic rings. The van der Waals surface area contributed by atoms with Crippen molar-refractivity contribution in [3.8, 4) is 0 Å². The van der Waals surface area contributed by atoms with Gasteiger partial charge in [-0.1, -0.05) is 0 Å². The summed E-state index contributed by atoms with van der Waals surface area (Å²) in [5.41, 5.74) is 5.98. The lowest BCUT2D eigenvalue weighted by Gasteiger charge is -1.96. The van der Waals surface area contributed by atoms with Crippen molar-refractivity contribution in [2.75, 3.05) is 0 Å². The topological polar surface area (TPSA) is 52.9 Å². The molecule has 1 aromatic rings. The molecule has 0 amide bonds. The third kappa shape index (κ3) is 2.48. The van der Waals surface area contributed by atoms with Gasteiger partial charge in [0.1, 0.15) is 0 Å². The summed E-state index contributed by atoms with van der Waals surface area (Å²) in [6.07, 6.45) is 19.0. The second-order valence-electron chi connectivity index (χ2n) is 6.04. The number of H-pyrrole nitrogens is 1. The Morgan fingerprint density at radius 1 is 0.750 bits per heavy atom. The number of aromatic nitrogens is 1. The predicted octanol–water partition coefficient (Wildman–Crippen LogP) is 2.11. The average Bonchev–Trinajstić information content (AvgIpc) is 3.32. The van der Waals surface area contributed by atoms with Crippen molar-refractivity contribution in [3.05, 3.63) is 82.5 Å². The Labute approximate surface area is 138 Å². The van der Waals surface area contributed by atoms with E-state index in [4.69, 9.17) is 0 Å². The van der Waals surface area contributed by atoms with E-state index in [-0.39, 0.29) is 0 Å². The minimum absolute atomic E-state index is 0.815. The molecular weight excluding hydrogens is 296 g/mol. The first-order chi connectivity index (χ1) is 11.8. The molecule has 0 fully saturated rings. The van der Waals surface area contributed by atoms with Crippen LogP contribution in [0.4, 0.5) is 0 Å². The van der Waals surface area contributed by atoms with Gasteiger partial charge >= 0.3 is 0 Å². The van der Waals surface area contributed by atoms with E-state index in [9.17, 15) is 0 Å². The van der Waals surface area contributed by atoms with E-state index in [0.29, 0.717) is 0 Å². The lowest BCUT2D eigenvalue weighted by molar-refractivity contribution is 1.28. The van der Waals surface area contributed by atoms with Gasteiger partial charge in [0.25, 0.3) is 0 Å². The van der Waals surface area contributed by atoms with Gasteiger partial charge in [0.15, 0.2) is 0 Å². The summed E-state index contributed by atoms with van der Waals surface area (Å²) in [5, 5.41) is 2.06. The van der Waals surface area contributed by atoms with Crippen molar-refractivity contribution in [1.82, 2.24) is 4.98 Å². The van der Waals surface area contributed by atoms with E-state index in [1.165, 1.54) is 5.57 Å². The first-order valence-corrected chi connectivity index (χ1v) is 7.91. The zero-order valence-corrected chi connectivity index (χ0v) is 12.9. The number of rotatable bonds is 0. The predicted molar refractivity (Wildman–Crippen MR) is 98.4 cm³/mol. The molecule has 114 valence electrons. The summed E-state index contributed by atoms with van der Waals surface area (Å²) in [6, 6.07) is 4.10. The number of nitrogens with zero attached hydrogens (tertiary/aromatic N) is 3. The smallest absolute Gasteiger partial charge is 0.0658 e. The summed E-state index contributed by atoms with van der Waals surface area (Å²) >= 11 is 0. The van der Waals surface area contributed by atoms with E-state index < -0.39 is 0 Å². The molecule has 0 aliphatic carbocycles. The Morgan fingerprint density at radius 2 is 1.42 bits per heavy atom. The van der Waals surface area contributed by atoms with Crippen LogP contribution in [0.25, 0.3) is 12.2 Å². The van der Waals surface area contributed by atoms with Crippen LogP contribution in [-0.4, -0.2) is 22.1 Å². The Kier molecular flexibility index (Phi) is 2.82. The van der Waals surface area contributed by atoms with Gasteiger partial charge < -0.3 is 4.98 Å². The summed E-state index contributed by atoms with van der Waals surface area (Å²) in [4.78, 5) is 17.1. The van der Waals surface area contributed by atoms with Crippen molar-refractivity contribution in [2.45, 2.75) is 6.42 Å². The van der Waals surface area contributed by atoms with Crippen LogP contribution in [0.15, 0.2) is 86.7 Å². The summed E-state index contributed by atoms with van der Waals surface area (Å²) in [5.74, 6) is 0. The average molecular weight is 310 g/mol. The highest BCUT2D eigenvalue weighted by Gasteiger charge is 2.11. The van der Waals surface area contributed by atoms with Crippen LogP contribution in [0.3, 0.4) is 0 Å². The Morgan fingerprint density at radius 3 is 2.12 bits per heavy atom. The van der Waals surface area contributed by atoms with Crippen molar-refractivity contribution in [1.29, 1.82) is 0 Å². The van der Waals surface area contributed by atoms with E-state index in [1.54, 1.807) is 0 Å². The van der Waals surface area contributed by atoms with E-state index >= 15 is 0 Å². The van der Waals surface area contributed by atoms with Crippen LogP contribution >= 0.6 is 0 Å². The summed E-state index contributed by atoms with van der Waals surface area (Å²) < 4.78 is 0. The highest BCUT2D eigenvalue weighted by molar-refractivity contribution is 6.20. The molecule has 4 aliphatic heterocycles. The molecule has 0 atom stereocenters. The zero-order valence-electron chi connectivity index (χ0n) is 12.9. The van der Waals surface area contributed by atoms with Crippen LogP contribution in [0.2, 0.25) is 0 Å².